The molecule has 0 saturated heterocycles. The number of ether oxygens (including phenoxy) is 1. The molecule has 0 fully saturated rings. The maximum atomic E-state index is 6.07. The number of halogens is 2. The van der Waals surface area contributed by atoms with E-state index in [1.807, 2.05) is 25.1 Å². The summed E-state index contributed by atoms with van der Waals surface area (Å²) in [6.07, 6.45) is 2.51. The van der Waals surface area contributed by atoms with Crippen LogP contribution in [0.5, 0.6) is 5.75 Å². The minimum atomic E-state index is 0.127. The zero-order chi connectivity index (χ0) is 12.0. The van der Waals surface area contributed by atoms with E-state index in [2.05, 4.69) is 0 Å². The lowest BCUT2D eigenvalue weighted by atomic mass is 10.1. The van der Waals surface area contributed by atoms with Gasteiger partial charge in [0.25, 0.3) is 0 Å². The maximum absolute atomic E-state index is 6.07. The van der Waals surface area contributed by atoms with E-state index in [4.69, 9.17) is 33.7 Å². The molecule has 0 aromatic heterocycles. The molecule has 4 heteroatoms. The monoisotopic (exact) mass is 259 g/mol. The van der Waals surface area contributed by atoms with Gasteiger partial charge in [-0.05, 0) is 37.1 Å². The van der Waals surface area contributed by atoms with Gasteiger partial charge in [-0.2, -0.15) is 0 Å². The van der Waals surface area contributed by atoms with E-state index in [-0.39, 0.29) is 6.04 Å². The van der Waals surface area contributed by atoms with Crippen molar-refractivity contribution >= 4 is 23.2 Å². The molecule has 0 heterocycles. The summed E-state index contributed by atoms with van der Waals surface area (Å²) in [5, 5.41) is 0.598. The number of nitrogens with two attached hydrogens (primary N) is 1. The Bertz CT molecular complexity index is 364. The Morgan fingerprint density at radius 1 is 1.50 bits per heavy atom. The Kier molecular flexibility index (Phi) is 5.67. The lowest BCUT2D eigenvalue weighted by Gasteiger charge is -2.09. The van der Waals surface area contributed by atoms with Gasteiger partial charge >= 0.3 is 0 Å². The summed E-state index contributed by atoms with van der Waals surface area (Å²) in [5.74, 6) is 0.657. The Hall–Kier alpha value is -0.700. The first-order valence-corrected chi connectivity index (χ1v) is 5.87. The van der Waals surface area contributed by atoms with Crippen molar-refractivity contribution in [1.29, 1.82) is 0 Å². The second-order valence-corrected chi connectivity index (χ2v) is 4.28. The van der Waals surface area contributed by atoms with E-state index in [1.54, 1.807) is 6.08 Å². The zero-order valence-electron chi connectivity index (χ0n) is 9.12. The van der Waals surface area contributed by atoms with Crippen LogP contribution >= 0.6 is 23.2 Å². The molecule has 88 valence electrons. The van der Waals surface area contributed by atoms with Crippen molar-refractivity contribution in [3.63, 3.8) is 0 Å². The highest BCUT2D eigenvalue weighted by atomic mass is 35.5. The van der Waals surface area contributed by atoms with E-state index in [1.165, 1.54) is 5.54 Å². The SMILES string of the molecule is CC(N)Cc1ccc(OCC=CCl)c(Cl)c1. The van der Waals surface area contributed by atoms with Crippen molar-refractivity contribution < 1.29 is 4.74 Å². The van der Waals surface area contributed by atoms with Gasteiger partial charge in [-0.15, -0.1) is 0 Å². The second kappa shape index (κ2) is 6.79. The highest BCUT2D eigenvalue weighted by molar-refractivity contribution is 6.32. The van der Waals surface area contributed by atoms with Crippen LogP contribution in [0, 0.1) is 0 Å². The molecule has 2 N–H and O–H groups in total. The van der Waals surface area contributed by atoms with Gasteiger partial charge in [-0.1, -0.05) is 29.3 Å². The van der Waals surface area contributed by atoms with Gasteiger partial charge in [0.2, 0.25) is 0 Å². The van der Waals surface area contributed by atoms with E-state index in [0.717, 1.165) is 12.0 Å². The number of hydrogen-bond donors (Lipinski definition) is 1. The molecule has 0 amide bonds. The summed E-state index contributed by atoms with van der Waals surface area (Å²) >= 11 is 11.5. The molecule has 1 atom stereocenters. The first-order valence-electron chi connectivity index (χ1n) is 5.05. The van der Waals surface area contributed by atoms with Crippen LogP contribution in [0.15, 0.2) is 29.8 Å². The summed E-state index contributed by atoms with van der Waals surface area (Å²) in [4.78, 5) is 0. The quantitative estimate of drug-likeness (QED) is 0.881. The fourth-order valence-electron chi connectivity index (χ4n) is 1.33. The minimum absolute atomic E-state index is 0.127. The van der Waals surface area contributed by atoms with Crippen molar-refractivity contribution in [2.75, 3.05) is 6.61 Å². The van der Waals surface area contributed by atoms with Gasteiger partial charge in [0.15, 0.2) is 0 Å². The van der Waals surface area contributed by atoms with Crippen molar-refractivity contribution in [3.8, 4) is 5.75 Å². The third kappa shape index (κ3) is 4.44. The topological polar surface area (TPSA) is 35.2 Å². The average Bonchev–Trinajstić information content (AvgIpc) is 2.20. The summed E-state index contributed by atoms with van der Waals surface area (Å²) in [6.45, 7) is 2.37. The average molecular weight is 260 g/mol. The van der Waals surface area contributed by atoms with Gasteiger partial charge in [0, 0.05) is 11.6 Å². The van der Waals surface area contributed by atoms with Gasteiger partial charge < -0.3 is 10.5 Å². The molecule has 0 aliphatic carbocycles. The van der Waals surface area contributed by atoms with E-state index < -0.39 is 0 Å². The molecule has 1 aromatic rings. The first-order chi connectivity index (χ1) is 7.63. The molecule has 0 spiro atoms. The van der Waals surface area contributed by atoms with Crippen molar-refractivity contribution in [1.82, 2.24) is 0 Å². The number of rotatable bonds is 5. The molecule has 1 rings (SSSR count). The van der Waals surface area contributed by atoms with Gasteiger partial charge in [0.1, 0.15) is 12.4 Å². The van der Waals surface area contributed by atoms with Crippen molar-refractivity contribution in [2.24, 2.45) is 5.73 Å². The fraction of sp³-hybridized carbons (Fsp3) is 0.333. The Labute approximate surface area is 106 Å². The second-order valence-electron chi connectivity index (χ2n) is 3.62. The van der Waals surface area contributed by atoms with Crippen LogP contribution in [0.3, 0.4) is 0 Å². The summed E-state index contributed by atoms with van der Waals surface area (Å²) in [5.41, 5.74) is 8.24. The number of hydrogen-bond acceptors (Lipinski definition) is 2. The lowest BCUT2D eigenvalue weighted by Crippen LogP contribution is -2.17. The van der Waals surface area contributed by atoms with Crippen LogP contribution in [0.1, 0.15) is 12.5 Å². The van der Waals surface area contributed by atoms with Gasteiger partial charge in [-0.25, -0.2) is 0 Å². The first kappa shape index (κ1) is 13.4. The third-order valence-corrected chi connectivity index (χ3v) is 2.45. The van der Waals surface area contributed by atoms with Gasteiger partial charge in [0.05, 0.1) is 5.02 Å². The molecule has 0 aliphatic rings. The maximum Gasteiger partial charge on any atom is 0.138 e. The molecule has 0 saturated carbocycles. The largest absolute Gasteiger partial charge is 0.488 e. The molecule has 1 aromatic carbocycles. The van der Waals surface area contributed by atoms with Crippen molar-refractivity contribution in [3.05, 3.63) is 40.4 Å². The highest BCUT2D eigenvalue weighted by Gasteiger charge is 2.04. The molecular formula is C12H15Cl2NO. The normalized spacial score (nSPS) is 13.0. The van der Waals surface area contributed by atoms with Crippen LogP contribution < -0.4 is 10.5 Å². The Morgan fingerprint density at radius 3 is 2.81 bits per heavy atom. The van der Waals surface area contributed by atoms with Crippen LogP contribution in [0.2, 0.25) is 5.02 Å². The van der Waals surface area contributed by atoms with E-state index in [9.17, 15) is 0 Å². The number of benzene rings is 1. The summed E-state index contributed by atoms with van der Waals surface area (Å²) in [6, 6.07) is 5.82. The summed E-state index contributed by atoms with van der Waals surface area (Å²) < 4.78 is 5.40. The molecule has 16 heavy (non-hydrogen) atoms. The summed E-state index contributed by atoms with van der Waals surface area (Å²) in [7, 11) is 0. The molecule has 0 aliphatic heterocycles. The lowest BCUT2D eigenvalue weighted by molar-refractivity contribution is 0.363. The molecule has 2 nitrogen and oxygen atoms in total. The molecule has 1 unspecified atom stereocenters. The fourth-order valence-corrected chi connectivity index (χ4v) is 1.66. The van der Waals surface area contributed by atoms with Crippen LogP contribution in [0.25, 0.3) is 0 Å². The zero-order valence-corrected chi connectivity index (χ0v) is 10.6. The van der Waals surface area contributed by atoms with Crippen LogP contribution in [-0.4, -0.2) is 12.6 Å². The van der Waals surface area contributed by atoms with Crippen molar-refractivity contribution in [2.45, 2.75) is 19.4 Å². The minimum Gasteiger partial charge on any atom is -0.488 e. The van der Waals surface area contributed by atoms with Crippen LogP contribution in [0.4, 0.5) is 0 Å². The molecule has 0 radical (unpaired) electrons. The Morgan fingerprint density at radius 2 is 2.25 bits per heavy atom. The van der Waals surface area contributed by atoms with E-state index in [0.29, 0.717) is 17.4 Å². The highest BCUT2D eigenvalue weighted by Crippen LogP contribution is 2.25. The predicted octanol–water partition coefficient (Wildman–Crippen LogP) is 3.36. The smallest absolute Gasteiger partial charge is 0.138 e. The van der Waals surface area contributed by atoms with Gasteiger partial charge in [-0.3, -0.25) is 0 Å². The van der Waals surface area contributed by atoms with E-state index >= 15 is 0 Å². The molecule has 0 bridgehead atoms. The molecular weight excluding hydrogens is 245 g/mol. The van der Waals surface area contributed by atoms with Crippen LogP contribution in [-0.2, 0) is 6.42 Å². The third-order valence-electron chi connectivity index (χ3n) is 1.98. The Balaban J connectivity index is 2.67. The standard InChI is InChI=1S/C12H15Cl2NO/c1-9(15)7-10-3-4-12(11(14)8-10)16-6-2-5-13/h2-5,8-9H,6-7,15H2,1H3. The predicted molar refractivity (Wildman–Crippen MR) is 69.3 cm³/mol.